The Morgan fingerprint density at radius 3 is 1.42 bits per heavy atom. The number of nitrogens with one attached hydrogen (secondary N) is 1. The van der Waals surface area contributed by atoms with Crippen LogP contribution in [0, 0.1) is 0 Å². The lowest BCUT2D eigenvalue weighted by molar-refractivity contribution is -0.870. The van der Waals surface area contributed by atoms with Gasteiger partial charge in [0.05, 0.1) is 39.9 Å². The van der Waals surface area contributed by atoms with Gasteiger partial charge in [0.2, 0.25) is 5.91 Å². The van der Waals surface area contributed by atoms with E-state index < -0.39 is 20.0 Å². The minimum atomic E-state index is -4.34. The largest absolute Gasteiger partial charge is 0.472 e. The van der Waals surface area contributed by atoms with Crippen LogP contribution < -0.4 is 5.32 Å². The molecule has 0 rings (SSSR count). The summed E-state index contributed by atoms with van der Waals surface area (Å²) >= 11 is 0. The van der Waals surface area contributed by atoms with Crippen molar-refractivity contribution < 1.29 is 32.9 Å². The van der Waals surface area contributed by atoms with E-state index in [0.29, 0.717) is 17.4 Å². The van der Waals surface area contributed by atoms with E-state index in [9.17, 15) is 19.4 Å². The molecular formula is C53H92N2O6P+. The van der Waals surface area contributed by atoms with E-state index >= 15 is 0 Å². The van der Waals surface area contributed by atoms with Gasteiger partial charge in [-0.3, -0.25) is 13.8 Å². The Morgan fingerprint density at radius 2 is 0.968 bits per heavy atom. The fraction of sp³-hybridized carbons (Fsp3) is 0.642. The van der Waals surface area contributed by atoms with E-state index in [2.05, 4.69) is 116 Å². The van der Waals surface area contributed by atoms with Gasteiger partial charge in [0.15, 0.2) is 0 Å². The number of carbonyl (C=O) groups is 1. The molecule has 0 aromatic carbocycles. The van der Waals surface area contributed by atoms with Crippen molar-refractivity contribution in [2.45, 2.75) is 180 Å². The zero-order chi connectivity index (χ0) is 45.7. The fourth-order valence-corrected chi connectivity index (χ4v) is 6.91. The minimum Gasteiger partial charge on any atom is -0.387 e. The van der Waals surface area contributed by atoms with Crippen molar-refractivity contribution in [1.29, 1.82) is 0 Å². The van der Waals surface area contributed by atoms with Gasteiger partial charge in [-0.2, -0.15) is 0 Å². The summed E-state index contributed by atoms with van der Waals surface area (Å²) < 4.78 is 23.5. The summed E-state index contributed by atoms with van der Waals surface area (Å²) in [5.41, 5.74) is 0. The lowest BCUT2D eigenvalue weighted by atomic mass is 10.1. The standard InChI is InChI=1S/C53H91N2O6P/c1-6-8-10-12-14-16-17-18-19-20-21-22-23-24-25-26-27-28-29-30-31-32-33-34-35-36-37-39-41-43-45-47-53(57)54-51(50-61-62(58,59)60-49-48-55(3,4)5)52(56)46-44-42-40-38-15-13-11-9-7-2/h8,10,14,16,18-19,21-22,24-25,27-28,30-31,33-34,44,46,51-52,56H,6-7,9,11-13,15,17,20,23,26,29,32,35-43,45,47-50H2,1-5H3,(H-,54,57,58,59)/p+1/b10-8-,16-14-,19-18-,22-21-,25-24-,28-27-,31-30-,34-33-,46-44+. The van der Waals surface area contributed by atoms with E-state index in [1.165, 1.54) is 44.9 Å². The van der Waals surface area contributed by atoms with Gasteiger partial charge >= 0.3 is 7.82 Å². The Bertz CT molecular complexity index is 1370. The lowest BCUT2D eigenvalue weighted by Gasteiger charge is -2.25. The third-order valence-electron chi connectivity index (χ3n) is 10.00. The van der Waals surface area contributed by atoms with Gasteiger partial charge < -0.3 is 19.8 Å². The van der Waals surface area contributed by atoms with Gasteiger partial charge in [-0.15, -0.1) is 0 Å². The van der Waals surface area contributed by atoms with Crippen molar-refractivity contribution in [2.24, 2.45) is 0 Å². The number of allylic oxidation sites excluding steroid dienone is 17. The molecule has 62 heavy (non-hydrogen) atoms. The molecule has 9 heteroatoms. The number of hydrogen-bond acceptors (Lipinski definition) is 5. The molecule has 0 aromatic rings. The first-order chi connectivity index (χ1) is 30.0. The van der Waals surface area contributed by atoms with Crippen LogP contribution in [-0.4, -0.2) is 73.4 Å². The third-order valence-corrected chi connectivity index (χ3v) is 11.0. The van der Waals surface area contributed by atoms with Crippen molar-refractivity contribution in [3.63, 3.8) is 0 Å². The summed E-state index contributed by atoms with van der Waals surface area (Å²) in [4.78, 5) is 23.1. The molecule has 0 aliphatic heterocycles. The molecule has 0 aliphatic carbocycles. The molecule has 0 bridgehead atoms. The number of nitrogens with zero attached hydrogens (tertiary/aromatic N) is 1. The number of likely N-dealkylation sites (N-methyl/N-ethyl adjacent to an activating group) is 1. The Kier molecular flexibility index (Phi) is 41.4. The van der Waals surface area contributed by atoms with Crippen molar-refractivity contribution in [2.75, 3.05) is 40.9 Å². The Labute approximate surface area is 381 Å². The SMILES string of the molecule is CC/C=C\C/C=C\C/C=C\C/C=C\C/C=C\C/C=C\C/C=C\C/C=C\CCCCCCCCC(=O)NC(COP(=O)(O)OCC[N+](C)(C)C)C(O)/C=C/CCCCCCCCC. The Morgan fingerprint density at radius 1 is 0.565 bits per heavy atom. The Balaban J connectivity index is 4.22. The molecule has 0 radical (unpaired) electrons. The molecule has 3 atom stereocenters. The fourth-order valence-electron chi connectivity index (χ4n) is 6.17. The summed E-state index contributed by atoms with van der Waals surface area (Å²) in [6.45, 7) is 4.62. The summed E-state index contributed by atoms with van der Waals surface area (Å²) in [5, 5.41) is 13.8. The van der Waals surface area contributed by atoms with Crippen LogP contribution in [0.3, 0.4) is 0 Å². The maximum Gasteiger partial charge on any atom is 0.472 e. The van der Waals surface area contributed by atoms with Crippen LogP contribution in [0.2, 0.25) is 0 Å². The molecule has 0 saturated carbocycles. The van der Waals surface area contributed by atoms with Crippen molar-refractivity contribution in [1.82, 2.24) is 5.32 Å². The number of aliphatic hydroxyl groups is 1. The highest BCUT2D eigenvalue weighted by Crippen LogP contribution is 2.43. The molecule has 354 valence electrons. The number of phosphoric acid groups is 1. The summed E-state index contributed by atoms with van der Waals surface area (Å²) in [6, 6.07) is -0.860. The number of amides is 1. The van der Waals surface area contributed by atoms with E-state index in [0.717, 1.165) is 103 Å². The summed E-state index contributed by atoms with van der Waals surface area (Å²) in [6.07, 6.45) is 63.2. The van der Waals surface area contributed by atoms with Crippen LogP contribution in [0.5, 0.6) is 0 Å². The normalized spacial score (nSPS) is 15.1. The number of hydrogen-bond donors (Lipinski definition) is 3. The van der Waals surface area contributed by atoms with E-state index in [1.807, 2.05) is 27.2 Å². The maximum absolute atomic E-state index is 12.9. The summed E-state index contributed by atoms with van der Waals surface area (Å²) in [5.74, 6) is -0.201. The molecule has 8 nitrogen and oxygen atoms in total. The van der Waals surface area contributed by atoms with E-state index in [-0.39, 0.29) is 19.1 Å². The summed E-state index contributed by atoms with van der Waals surface area (Å²) in [7, 11) is 1.54. The van der Waals surface area contributed by atoms with Crippen LogP contribution in [-0.2, 0) is 18.4 Å². The molecule has 0 aliphatic rings. The monoisotopic (exact) mass is 884 g/mol. The first kappa shape index (κ1) is 59.2. The average Bonchev–Trinajstić information content (AvgIpc) is 3.23. The zero-order valence-electron chi connectivity index (χ0n) is 40.1. The molecule has 0 heterocycles. The Hall–Kier alpha value is -2.84. The van der Waals surface area contributed by atoms with Crippen molar-refractivity contribution in [3.8, 4) is 0 Å². The lowest BCUT2D eigenvalue weighted by Crippen LogP contribution is -2.45. The van der Waals surface area contributed by atoms with Gasteiger partial charge in [0.1, 0.15) is 13.2 Å². The number of carbonyl (C=O) groups excluding carboxylic acids is 1. The number of phosphoric ester groups is 1. The number of rotatable bonds is 42. The highest BCUT2D eigenvalue weighted by molar-refractivity contribution is 7.47. The average molecular weight is 884 g/mol. The highest BCUT2D eigenvalue weighted by Gasteiger charge is 2.27. The number of aliphatic hydroxyl groups excluding tert-OH is 1. The molecule has 3 unspecified atom stereocenters. The van der Waals surface area contributed by atoms with Crippen LogP contribution >= 0.6 is 7.82 Å². The molecule has 0 spiro atoms. The second-order valence-electron chi connectivity index (χ2n) is 17.1. The predicted octanol–water partition coefficient (Wildman–Crippen LogP) is 14.1. The predicted molar refractivity (Wildman–Crippen MR) is 267 cm³/mol. The maximum atomic E-state index is 12.9. The van der Waals surface area contributed by atoms with Gasteiger partial charge in [-0.05, 0) is 83.5 Å². The minimum absolute atomic E-state index is 0.0519. The van der Waals surface area contributed by atoms with Crippen LogP contribution in [0.4, 0.5) is 0 Å². The van der Waals surface area contributed by atoms with Gasteiger partial charge in [0, 0.05) is 6.42 Å². The molecule has 0 aromatic heterocycles. The van der Waals surface area contributed by atoms with Crippen LogP contribution in [0.25, 0.3) is 0 Å². The van der Waals surface area contributed by atoms with Crippen molar-refractivity contribution in [3.05, 3.63) is 109 Å². The first-order valence-corrected chi connectivity index (χ1v) is 25.8. The molecule has 1 amide bonds. The number of unbranched alkanes of at least 4 members (excludes halogenated alkanes) is 13. The van der Waals surface area contributed by atoms with Gasteiger partial charge in [0.25, 0.3) is 0 Å². The highest BCUT2D eigenvalue weighted by atomic mass is 31.2. The quantitative estimate of drug-likeness (QED) is 0.0244. The topological polar surface area (TPSA) is 105 Å². The number of quaternary nitrogens is 1. The van der Waals surface area contributed by atoms with Gasteiger partial charge in [-0.1, -0.05) is 187 Å². The van der Waals surface area contributed by atoms with E-state index in [1.54, 1.807) is 6.08 Å². The van der Waals surface area contributed by atoms with E-state index in [4.69, 9.17) is 9.05 Å². The van der Waals surface area contributed by atoms with Crippen LogP contribution in [0.1, 0.15) is 168 Å². The third kappa shape index (κ3) is 45.2. The van der Waals surface area contributed by atoms with Crippen LogP contribution in [0.15, 0.2) is 109 Å². The molecule has 3 N–H and O–H groups in total. The zero-order valence-corrected chi connectivity index (χ0v) is 41.0. The molecular weight excluding hydrogens is 792 g/mol. The molecule has 0 saturated heterocycles. The van der Waals surface area contributed by atoms with Crippen molar-refractivity contribution >= 4 is 13.7 Å². The molecule has 0 fully saturated rings. The second-order valence-corrected chi connectivity index (χ2v) is 18.6. The smallest absolute Gasteiger partial charge is 0.387 e. The first-order valence-electron chi connectivity index (χ1n) is 24.3. The van der Waals surface area contributed by atoms with Gasteiger partial charge in [-0.25, -0.2) is 4.57 Å². The second kappa shape index (κ2) is 43.4.